The number of aromatic amines is 1. The first-order valence-corrected chi connectivity index (χ1v) is 8.28. The predicted molar refractivity (Wildman–Crippen MR) is 99.1 cm³/mol. The number of hydrogen-bond donors (Lipinski definition) is 2. The van der Waals surface area contributed by atoms with Crippen molar-refractivity contribution in [2.45, 2.75) is 13.3 Å². The molecular weight excluding hydrogens is 330 g/mol. The van der Waals surface area contributed by atoms with E-state index in [-0.39, 0.29) is 5.91 Å². The van der Waals surface area contributed by atoms with Crippen LogP contribution in [0.25, 0.3) is 11.3 Å². The smallest absolute Gasteiger partial charge is 0.289 e. The minimum absolute atomic E-state index is 0.332. The third kappa shape index (κ3) is 4.54. The molecule has 0 aliphatic rings. The van der Waals surface area contributed by atoms with Crippen molar-refractivity contribution in [1.82, 2.24) is 20.6 Å². The molecule has 0 radical (unpaired) electrons. The van der Waals surface area contributed by atoms with Gasteiger partial charge in [0.1, 0.15) is 11.4 Å². The predicted octanol–water partition coefficient (Wildman–Crippen LogP) is 3.02. The van der Waals surface area contributed by atoms with Crippen LogP contribution in [0.2, 0.25) is 0 Å². The molecule has 7 nitrogen and oxygen atoms in total. The fraction of sp³-hybridized carbons (Fsp3) is 0.158. The van der Waals surface area contributed by atoms with Crippen LogP contribution in [0.5, 0.6) is 5.75 Å². The van der Waals surface area contributed by atoms with E-state index in [4.69, 9.17) is 4.74 Å². The van der Waals surface area contributed by atoms with E-state index in [9.17, 15) is 4.79 Å². The Labute approximate surface area is 151 Å². The summed E-state index contributed by atoms with van der Waals surface area (Å²) in [7, 11) is 0. The normalized spacial score (nSPS) is 10.8. The van der Waals surface area contributed by atoms with Crippen LogP contribution in [0.1, 0.15) is 29.4 Å². The van der Waals surface area contributed by atoms with Gasteiger partial charge < -0.3 is 4.74 Å². The Balaban J connectivity index is 1.61. The maximum atomic E-state index is 12.1. The lowest BCUT2D eigenvalue weighted by molar-refractivity contribution is 0.0950. The number of nitrogens with zero attached hydrogens (tertiary/aromatic N) is 3. The van der Waals surface area contributed by atoms with E-state index in [0.29, 0.717) is 18.0 Å². The van der Waals surface area contributed by atoms with Crippen LogP contribution in [-0.4, -0.2) is 33.9 Å². The van der Waals surface area contributed by atoms with E-state index in [0.717, 1.165) is 23.3 Å². The first-order valence-electron chi connectivity index (χ1n) is 8.28. The minimum Gasteiger partial charge on any atom is -0.494 e. The molecular formula is C19H19N5O2. The molecule has 0 atom stereocenters. The van der Waals surface area contributed by atoms with E-state index in [2.05, 4.69) is 32.6 Å². The highest BCUT2D eigenvalue weighted by Crippen LogP contribution is 2.21. The topological polar surface area (TPSA) is 92.3 Å². The van der Waals surface area contributed by atoms with Gasteiger partial charge in [-0.05, 0) is 54.4 Å². The molecule has 0 saturated heterocycles. The fourth-order valence-corrected chi connectivity index (χ4v) is 2.20. The lowest BCUT2D eigenvalue weighted by Gasteiger charge is -2.04. The maximum absolute atomic E-state index is 12.1. The number of carbonyl (C=O) groups excluding carboxylic acids is 1. The number of amides is 1. The van der Waals surface area contributed by atoms with Gasteiger partial charge in [0.25, 0.3) is 5.91 Å². The first kappa shape index (κ1) is 17.3. The van der Waals surface area contributed by atoms with E-state index < -0.39 is 0 Å². The molecule has 0 aliphatic carbocycles. The molecule has 2 heterocycles. The summed E-state index contributed by atoms with van der Waals surface area (Å²) in [5.74, 6) is 0.450. The summed E-state index contributed by atoms with van der Waals surface area (Å²) >= 11 is 0. The summed E-state index contributed by atoms with van der Waals surface area (Å²) in [4.78, 5) is 16.0. The second-order valence-electron chi connectivity index (χ2n) is 5.52. The van der Waals surface area contributed by atoms with E-state index in [1.807, 2.05) is 24.3 Å². The van der Waals surface area contributed by atoms with Crippen molar-refractivity contribution in [3.63, 3.8) is 0 Å². The van der Waals surface area contributed by atoms with Gasteiger partial charge in [-0.1, -0.05) is 6.92 Å². The molecule has 0 unspecified atom stereocenters. The highest BCUT2D eigenvalue weighted by Gasteiger charge is 2.10. The van der Waals surface area contributed by atoms with Crippen molar-refractivity contribution < 1.29 is 9.53 Å². The molecule has 26 heavy (non-hydrogen) atoms. The molecule has 2 N–H and O–H groups in total. The number of hydrazone groups is 1. The Bertz CT molecular complexity index is 872. The first-order chi connectivity index (χ1) is 12.8. The molecule has 7 heteroatoms. The largest absolute Gasteiger partial charge is 0.494 e. The SMILES string of the molecule is CCCOc1ccc(-c2cc(C(=O)NN=Cc3ccncc3)[nH]n2)cc1. The standard InChI is InChI=1S/C19H19N5O2/c1-2-11-26-16-5-3-15(4-6-16)17-12-18(23-22-17)19(25)24-21-13-14-7-9-20-10-8-14/h3-10,12-13H,2,11H2,1H3,(H,22,23)(H,24,25). The number of ether oxygens (including phenoxy) is 1. The number of hydrogen-bond acceptors (Lipinski definition) is 5. The summed E-state index contributed by atoms with van der Waals surface area (Å²) < 4.78 is 5.56. The van der Waals surface area contributed by atoms with Crippen LogP contribution < -0.4 is 10.2 Å². The van der Waals surface area contributed by atoms with Crippen molar-refractivity contribution in [1.29, 1.82) is 0 Å². The number of nitrogens with one attached hydrogen (secondary N) is 2. The van der Waals surface area contributed by atoms with Crippen molar-refractivity contribution >= 4 is 12.1 Å². The lowest BCUT2D eigenvalue weighted by Crippen LogP contribution is -2.17. The molecule has 3 rings (SSSR count). The average Bonchev–Trinajstić information content (AvgIpc) is 3.18. The highest BCUT2D eigenvalue weighted by atomic mass is 16.5. The zero-order chi connectivity index (χ0) is 18.2. The van der Waals surface area contributed by atoms with E-state index in [1.165, 1.54) is 0 Å². The third-order valence-electron chi connectivity index (χ3n) is 3.53. The zero-order valence-corrected chi connectivity index (χ0v) is 14.3. The lowest BCUT2D eigenvalue weighted by atomic mass is 10.1. The highest BCUT2D eigenvalue weighted by molar-refractivity contribution is 5.94. The van der Waals surface area contributed by atoms with Crippen molar-refractivity contribution in [3.05, 3.63) is 66.1 Å². The Morgan fingerprint density at radius 1 is 1.23 bits per heavy atom. The van der Waals surface area contributed by atoms with Crippen LogP contribution in [0, 0.1) is 0 Å². The second kappa shape index (κ2) is 8.57. The number of carbonyl (C=O) groups is 1. The van der Waals surface area contributed by atoms with Gasteiger partial charge in [0.15, 0.2) is 0 Å². The number of pyridine rings is 1. The molecule has 0 spiro atoms. The minimum atomic E-state index is -0.364. The quantitative estimate of drug-likeness (QED) is 0.506. The van der Waals surface area contributed by atoms with Crippen LogP contribution >= 0.6 is 0 Å². The molecule has 3 aromatic rings. The number of rotatable bonds is 7. The Morgan fingerprint density at radius 2 is 2.00 bits per heavy atom. The zero-order valence-electron chi connectivity index (χ0n) is 14.3. The molecule has 1 aromatic carbocycles. The van der Waals surface area contributed by atoms with Gasteiger partial charge in [-0.2, -0.15) is 10.2 Å². The summed E-state index contributed by atoms with van der Waals surface area (Å²) in [6.45, 7) is 2.75. The Kier molecular flexibility index (Phi) is 5.72. The van der Waals surface area contributed by atoms with Gasteiger partial charge in [-0.25, -0.2) is 5.43 Å². The van der Waals surface area contributed by atoms with Gasteiger partial charge >= 0.3 is 0 Å². The average molecular weight is 349 g/mol. The molecule has 132 valence electrons. The van der Waals surface area contributed by atoms with Crippen LogP contribution in [0.3, 0.4) is 0 Å². The van der Waals surface area contributed by atoms with Crippen molar-refractivity contribution in [2.24, 2.45) is 5.10 Å². The van der Waals surface area contributed by atoms with Crippen LogP contribution in [0.4, 0.5) is 0 Å². The fourth-order valence-electron chi connectivity index (χ4n) is 2.20. The Morgan fingerprint density at radius 3 is 2.73 bits per heavy atom. The van der Waals surface area contributed by atoms with Crippen LogP contribution in [-0.2, 0) is 0 Å². The molecule has 0 bridgehead atoms. The van der Waals surface area contributed by atoms with Crippen molar-refractivity contribution in [2.75, 3.05) is 6.61 Å². The third-order valence-corrected chi connectivity index (χ3v) is 3.53. The monoisotopic (exact) mass is 349 g/mol. The number of benzene rings is 1. The van der Waals surface area contributed by atoms with Gasteiger partial charge in [-0.3, -0.25) is 14.9 Å². The molecule has 1 amide bonds. The van der Waals surface area contributed by atoms with E-state index >= 15 is 0 Å². The summed E-state index contributed by atoms with van der Waals surface area (Å²) in [5.41, 5.74) is 5.21. The number of aromatic nitrogens is 3. The summed E-state index contributed by atoms with van der Waals surface area (Å²) in [5, 5.41) is 10.8. The maximum Gasteiger partial charge on any atom is 0.289 e. The summed E-state index contributed by atoms with van der Waals surface area (Å²) in [6, 6.07) is 12.8. The van der Waals surface area contributed by atoms with Crippen LogP contribution in [0.15, 0.2) is 60.0 Å². The molecule has 2 aromatic heterocycles. The molecule has 0 aliphatic heterocycles. The van der Waals surface area contributed by atoms with Gasteiger partial charge in [0.2, 0.25) is 0 Å². The Hall–Kier alpha value is -3.48. The molecule has 0 fully saturated rings. The summed E-state index contributed by atoms with van der Waals surface area (Å²) in [6.07, 6.45) is 5.82. The number of H-pyrrole nitrogens is 1. The van der Waals surface area contributed by atoms with Gasteiger partial charge in [0.05, 0.1) is 18.5 Å². The molecule has 0 saturated carbocycles. The van der Waals surface area contributed by atoms with Crippen molar-refractivity contribution in [3.8, 4) is 17.0 Å². The van der Waals surface area contributed by atoms with Gasteiger partial charge in [0, 0.05) is 18.0 Å². The van der Waals surface area contributed by atoms with Gasteiger partial charge in [-0.15, -0.1) is 0 Å². The second-order valence-corrected chi connectivity index (χ2v) is 5.52. The van der Waals surface area contributed by atoms with E-state index in [1.54, 1.807) is 36.8 Å².